The first-order valence-electron chi connectivity index (χ1n) is 8.45. The smallest absolute Gasteiger partial charge is 0.0594 e. The molecule has 1 saturated carbocycles. The van der Waals surface area contributed by atoms with E-state index in [-0.39, 0.29) is 0 Å². The molecule has 1 heterocycles. The number of rotatable bonds is 6. The summed E-state index contributed by atoms with van der Waals surface area (Å²) in [5.74, 6) is 0.966. The number of hydrogen-bond donors (Lipinski definition) is 1. The summed E-state index contributed by atoms with van der Waals surface area (Å²) in [5.41, 5.74) is 2.65. The summed E-state index contributed by atoms with van der Waals surface area (Å²) in [7, 11) is 0. The van der Waals surface area contributed by atoms with Crippen molar-refractivity contribution in [3.05, 3.63) is 29.8 Å². The molecule has 1 aliphatic heterocycles. The van der Waals surface area contributed by atoms with Crippen LogP contribution in [0.3, 0.4) is 0 Å². The summed E-state index contributed by atoms with van der Waals surface area (Å²) in [6.07, 6.45) is 5.62. The zero-order chi connectivity index (χ0) is 14.5. The molecule has 2 fully saturated rings. The quantitative estimate of drug-likeness (QED) is 0.867. The second kappa shape index (κ2) is 7.28. The van der Waals surface area contributed by atoms with Gasteiger partial charge in [0.25, 0.3) is 0 Å². The molecule has 0 amide bonds. The SMILES string of the molecule is CC(CC1CCC1)Nc1ccc(CN2CCOCC2)cc1. The van der Waals surface area contributed by atoms with Gasteiger partial charge >= 0.3 is 0 Å². The Morgan fingerprint density at radius 2 is 1.90 bits per heavy atom. The van der Waals surface area contributed by atoms with Gasteiger partial charge in [-0.2, -0.15) is 0 Å². The first-order valence-corrected chi connectivity index (χ1v) is 8.45. The highest BCUT2D eigenvalue weighted by Gasteiger charge is 2.19. The molecule has 1 aliphatic carbocycles. The Hall–Kier alpha value is -1.06. The lowest BCUT2D eigenvalue weighted by atomic mass is 9.81. The molecule has 0 spiro atoms. The molecule has 3 heteroatoms. The van der Waals surface area contributed by atoms with Gasteiger partial charge in [0.15, 0.2) is 0 Å². The van der Waals surface area contributed by atoms with E-state index in [0.29, 0.717) is 6.04 Å². The number of nitrogens with zero attached hydrogens (tertiary/aromatic N) is 1. The van der Waals surface area contributed by atoms with Crippen LogP contribution >= 0.6 is 0 Å². The third-order valence-corrected chi connectivity index (χ3v) is 4.79. The second-order valence-electron chi connectivity index (χ2n) is 6.66. The van der Waals surface area contributed by atoms with Gasteiger partial charge in [-0.1, -0.05) is 31.4 Å². The van der Waals surface area contributed by atoms with Crippen LogP contribution in [0.2, 0.25) is 0 Å². The molecule has 1 unspecified atom stereocenters. The Morgan fingerprint density at radius 3 is 2.52 bits per heavy atom. The molecule has 1 aromatic carbocycles. The number of benzene rings is 1. The van der Waals surface area contributed by atoms with Gasteiger partial charge in [-0.3, -0.25) is 4.90 Å². The van der Waals surface area contributed by atoms with E-state index in [4.69, 9.17) is 4.74 Å². The maximum absolute atomic E-state index is 5.39. The van der Waals surface area contributed by atoms with Crippen molar-refractivity contribution in [2.45, 2.75) is 45.2 Å². The van der Waals surface area contributed by atoms with Crippen molar-refractivity contribution >= 4 is 5.69 Å². The average molecular weight is 288 g/mol. The van der Waals surface area contributed by atoms with E-state index in [1.54, 1.807) is 0 Å². The summed E-state index contributed by atoms with van der Waals surface area (Å²) in [5, 5.41) is 3.64. The summed E-state index contributed by atoms with van der Waals surface area (Å²) in [4.78, 5) is 2.46. The zero-order valence-electron chi connectivity index (χ0n) is 13.2. The van der Waals surface area contributed by atoms with Gasteiger partial charge in [-0.25, -0.2) is 0 Å². The van der Waals surface area contributed by atoms with E-state index in [9.17, 15) is 0 Å². The Labute approximate surface area is 128 Å². The Morgan fingerprint density at radius 1 is 1.19 bits per heavy atom. The molecule has 3 rings (SSSR count). The van der Waals surface area contributed by atoms with Gasteiger partial charge in [0.05, 0.1) is 13.2 Å². The van der Waals surface area contributed by atoms with Crippen molar-refractivity contribution in [1.82, 2.24) is 4.90 Å². The van der Waals surface area contributed by atoms with E-state index in [0.717, 1.165) is 38.8 Å². The molecule has 3 nitrogen and oxygen atoms in total. The summed E-state index contributed by atoms with van der Waals surface area (Å²) in [6, 6.07) is 9.56. The van der Waals surface area contributed by atoms with Gasteiger partial charge in [0.1, 0.15) is 0 Å². The van der Waals surface area contributed by atoms with Crippen molar-refractivity contribution < 1.29 is 4.74 Å². The Balaban J connectivity index is 1.46. The lowest BCUT2D eigenvalue weighted by Gasteiger charge is -2.29. The topological polar surface area (TPSA) is 24.5 Å². The molecule has 0 bridgehead atoms. The fraction of sp³-hybridized carbons (Fsp3) is 0.667. The predicted octanol–water partition coefficient (Wildman–Crippen LogP) is 3.51. The van der Waals surface area contributed by atoms with Crippen LogP contribution in [0.5, 0.6) is 0 Å². The fourth-order valence-electron chi connectivity index (χ4n) is 3.30. The van der Waals surface area contributed by atoms with Crippen LogP contribution in [-0.2, 0) is 11.3 Å². The van der Waals surface area contributed by atoms with Crippen molar-refractivity contribution in [3.8, 4) is 0 Å². The van der Waals surface area contributed by atoms with Crippen LogP contribution in [0.15, 0.2) is 24.3 Å². The second-order valence-corrected chi connectivity index (χ2v) is 6.66. The number of ether oxygens (including phenoxy) is 1. The van der Waals surface area contributed by atoms with Crippen molar-refractivity contribution in [2.24, 2.45) is 5.92 Å². The maximum atomic E-state index is 5.39. The minimum atomic E-state index is 0.584. The zero-order valence-corrected chi connectivity index (χ0v) is 13.2. The highest BCUT2D eigenvalue weighted by atomic mass is 16.5. The first kappa shape index (κ1) is 14.9. The molecule has 0 radical (unpaired) electrons. The van der Waals surface area contributed by atoms with Crippen LogP contribution in [-0.4, -0.2) is 37.2 Å². The van der Waals surface area contributed by atoms with Crippen LogP contribution in [0.4, 0.5) is 5.69 Å². The third kappa shape index (κ3) is 4.45. The normalized spacial score (nSPS) is 21.8. The maximum Gasteiger partial charge on any atom is 0.0594 e. The molecule has 1 N–H and O–H groups in total. The van der Waals surface area contributed by atoms with Gasteiger partial charge in [0, 0.05) is 31.4 Å². The molecule has 0 aromatic heterocycles. The molecular formula is C18H28N2O. The minimum absolute atomic E-state index is 0.584. The highest BCUT2D eigenvalue weighted by molar-refractivity contribution is 5.45. The molecule has 1 saturated heterocycles. The third-order valence-electron chi connectivity index (χ3n) is 4.79. The number of nitrogens with one attached hydrogen (secondary N) is 1. The van der Waals surface area contributed by atoms with Gasteiger partial charge in [-0.15, -0.1) is 0 Å². The first-order chi connectivity index (χ1) is 10.3. The molecular weight excluding hydrogens is 260 g/mol. The standard InChI is InChI=1S/C18H28N2O/c1-15(13-16-3-2-4-16)19-18-7-5-17(6-8-18)14-20-9-11-21-12-10-20/h5-8,15-16,19H,2-4,9-14H2,1H3. The average Bonchev–Trinajstić information content (AvgIpc) is 2.46. The monoisotopic (exact) mass is 288 g/mol. The molecule has 116 valence electrons. The lowest BCUT2D eigenvalue weighted by Crippen LogP contribution is -2.35. The van der Waals surface area contributed by atoms with Crippen LogP contribution in [0, 0.1) is 5.92 Å². The van der Waals surface area contributed by atoms with Crippen LogP contribution < -0.4 is 5.32 Å². The number of morpholine rings is 1. The number of hydrogen-bond acceptors (Lipinski definition) is 3. The van der Waals surface area contributed by atoms with E-state index < -0.39 is 0 Å². The van der Waals surface area contributed by atoms with Crippen molar-refractivity contribution in [1.29, 1.82) is 0 Å². The molecule has 2 aliphatic rings. The van der Waals surface area contributed by atoms with Crippen molar-refractivity contribution in [3.63, 3.8) is 0 Å². The highest BCUT2D eigenvalue weighted by Crippen LogP contribution is 2.31. The Bertz CT molecular complexity index is 421. The predicted molar refractivity (Wildman–Crippen MR) is 87.6 cm³/mol. The largest absolute Gasteiger partial charge is 0.383 e. The fourth-order valence-corrected chi connectivity index (χ4v) is 3.30. The number of anilines is 1. The molecule has 1 atom stereocenters. The van der Waals surface area contributed by atoms with Gasteiger partial charge < -0.3 is 10.1 Å². The van der Waals surface area contributed by atoms with Crippen LogP contribution in [0.25, 0.3) is 0 Å². The Kier molecular flexibility index (Phi) is 5.15. The summed E-state index contributed by atoms with van der Waals surface area (Å²) >= 11 is 0. The van der Waals surface area contributed by atoms with E-state index >= 15 is 0 Å². The van der Waals surface area contributed by atoms with E-state index in [1.807, 2.05) is 0 Å². The van der Waals surface area contributed by atoms with Crippen LogP contribution in [0.1, 0.15) is 38.2 Å². The lowest BCUT2D eigenvalue weighted by molar-refractivity contribution is 0.0342. The van der Waals surface area contributed by atoms with Crippen molar-refractivity contribution in [2.75, 3.05) is 31.6 Å². The van der Waals surface area contributed by atoms with E-state index in [1.165, 1.54) is 36.9 Å². The molecule has 1 aromatic rings. The summed E-state index contributed by atoms with van der Waals surface area (Å²) < 4.78 is 5.39. The van der Waals surface area contributed by atoms with Gasteiger partial charge in [0.2, 0.25) is 0 Å². The van der Waals surface area contributed by atoms with Gasteiger partial charge in [-0.05, 0) is 37.0 Å². The minimum Gasteiger partial charge on any atom is -0.383 e. The summed E-state index contributed by atoms with van der Waals surface area (Å²) in [6.45, 7) is 7.20. The molecule has 21 heavy (non-hydrogen) atoms. The van der Waals surface area contributed by atoms with E-state index in [2.05, 4.69) is 41.4 Å².